The summed E-state index contributed by atoms with van der Waals surface area (Å²) in [5.41, 5.74) is 0. The molecule has 1 fully saturated rings. The van der Waals surface area contributed by atoms with Crippen LogP contribution in [0.25, 0.3) is 0 Å². The normalized spacial score (nSPS) is 17.3. The number of rotatable bonds is 3. The molecule has 1 saturated heterocycles. The van der Waals surface area contributed by atoms with E-state index < -0.39 is 0 Å². The Morgan fingerprint density at radius 3 is 2.27 bits per heavy atom. The van der Waals surface area contributed by atoms with Crippen LogP contribution in [0, 0.1) is 5.92 Å². The van der Waals surface area contributed by atoms with Gasteiger partial charge in [0.2, 0.25) is 0 Å². The first-order valence-corrected chi connectivity index (χ1v) is 5.70. The van der Waals surface area contributed by atoms with Crippen LogP contribution in [0.2, 0.25) is 0 Å². The van der Waals surface area contributed by atoms with Gasteiger partial charge in [0, 0.05) is 26.9 Å². The standard InChI is InChI=1S/C9H17NO2.C2H6.H3N.H2/c1-2-3-9(11)8-4-6-10(12)7-5-8;1-2;;/h8,12H,2-7H2,1H3;1-2H3;1H3;1H. The average molecular weight is 220 g/mol. The highest BCUT2D eigenvalue weighted by molar-refractivity contribution is 5.80. The van der Waals surface area contributed by atoms with Crippen molar-refractivity contribution < 1.29 is 11.4 Å². The summed E-state index contributed by atoms with van der Waals surface area (Å²) in [4.78, 5) is 11.4. The van der Waals surface area contributed by atoms with E-state index in [0.29, 0.717) is 25.3 Å². The Balaban J connectivity index is -0.000000399. The molecular formula is C11H28N2O2. The van der Waals surface area contributed by atoms with Crippen LogP contribution in [0.1, 0.15) is 47.9 Å². The molecule has 0 aromatic carbocycles. The highest BCUT2D eigenvalue weighted by atomic mass is 16.5. The van der Waals surface area contributed by atoms with Gasteiger partial charge in [0.15, 0.2) is 0 Å². The first kappa shape index (κ1) is 17.0. The van der Waals surface area contributed by atoms with Gasteiger partial charge >= 0.3 is 0 Å². The van der Waals surface area contributed by atoms with Crippen LogP contribution >= 0.6 is 0 Å². The smallest absolute Gasteiger partial charge is 0.136 e. The molecule has 0 saturated carbocycles. The monoisotopic (exact) mass is 220 g/mol. The van der Waals surface area contributed by atoms with Gasteiger partial charge in [0.25, 0.3) is 0 Å². The number of carbonyl (C=O) groups excluding carboxylic acids is 1. The minimum absolute atomic E-state index is 0. The van der Waals surface area contributed by atoms with Gasteiger partial charge in [0.05, 0.1) is 0 Å². The number of hydrogen-bond acceptors (Lipinski definition) is 4. The Morgan fingerprint density at radius 1 is 1.40 bits per heavy atom. The maximum absolute atomic E-state index is 11.4. The van der Waals surface area contributed by atoms with Crippen molar-refractivity contribution in [1.82, 2.24) is 11.2 Å². The molecule has 4 nitrogen and oxygen atoms in total. The number of carbonyl (C=O) groups is 1. The van der Waals surface area contributed by atoms with E-state index in [1.165, 1.54) is 5.06 Å². The molecule has 1 heterocycles. The Kier molecular flexibility index (Phi) is 11.4. The molecule has 1 rings (SSSR count). The van der Waals surface area contributed by atoms with Gasteiger partial charge in [-0.05, 0) is 19.3 Å². The summed E-state index contributed by atoms with van der Waals surface area (Å²) < 4.78 is 0. The first-order chi connectivity index (χ1) is 6.74. The van der Waals surface area contributed by atoms with Gasteiger partial charge in [-0.15, -0.1) is 0 Å². The third-order valence-electron chi connectivity index (χ3n) is 2.42. The van der Waals surface area contributed by atoms with Gasteiger partial charge in [-0.3, -0.25) is 4.79 Å². The Hall–Kier alpha value is -0.450. The summed E-state index contributed by atoms with van der Waals surface area (Å²) in [7, 11) is 0. The van der Waals surface area contributed by atoms with E-state index in [0.717, 1.165) is 19.3 Å². The summed E-state index contributed by atoms with van der Waals surface area (Å²) in [5, 5.41) is 10.4. The van der Waals surface area contributed by atoms with Crippen molar-refractivity contribution in [2.45, 2.75) is 46.5 Å². The van der Waals surface area contributed by atoms with Gasteiger partial charge in [0.1, 0.15) is 5.78 Å². The minimum atomic E-state index is 0. The molecule has 0 aromatic rings. The van der Waals surface area contributed by atoms with E-state index >= 15 is 0 Å². The van der Waals surface area contributed by atoms with Crippen LogP contribution in [0.3, 0.4) is 0 Å². The molecule has 0 atom stereocenters. The zero-order valence-corrected chi connectivity index (χ0v) is 10.3. The topological polar surface area (TPSA) is 75.5 Å². The third-order valence-corrected chi connectivity index (χ3v) is 2.42. The number of nitrogens with zero attached hydrogens (tertiary/aromatic N) is 1. The fourth-order valence-electron chi connectivity index (χ4n) is 1.64. The maximum Gasteiger partial charge on any atom is 0.136 e. The first-order valence-electron chi connectivity index (χ1n) is 5.70. The summed E-state index contributed by atoms with van der Waals surface area (Å²) in [6, 6.07) is 0. The third kappa shape index (κ3) is 6.60. The second kappa shape index (κ2) is 10.1. The summed E-state index contributed by atoms with van der Waals surface area (Å²) >= 11 is 0. The second-order valence-corrected chi connectivity index (χ2v) is 3.44. The van der Waals surface area contributed by atoms with Crippen LogP contribution in [0.5, 0.6) is 0 Å². The Morgan fingerprint density at radius 2 is 1.87 bits per heavy atom. The zero-order chi connectivity index (χ0) is 11.0. The molecule has 0 amide bonds. The fraction of sp³-hybridized carbons (Fsp3) is 0.909. The van der Waals surface area contributed by atoms with Crippen molar-refractivity contribution in [2.24, 2.45) is 5.92 Å². The van der Waals surface area contributed by atoms with Gasteiger partial charge in [-0.1, -0.05) is 20.8 Å². The van der Waals surface area contributed by atoms with Crippen molar-refractivity contribution in [3.05, 3.63) is 0 Å². The molecule has 4 N–H and O–H groups in total. The number of piperidine rings is 1. The number of Topliss-reactive ketones (excluding diaryl/α,β-unsaturated/α-hetero) is 1. The molecule has 15 heavy (non-hydrogen) atoms. The lowest BCUT2D eigenvalue weighted by Crippen LogP contribution is -2.33. The lowest BCUT2D eigenvalue weighted by Gasteiger charge is -2.26. The van der Waals surface area contributed by atoms with Gasteiger partial charge < -0.3 is 11.4 Å². The van der Waals surface area contributed by atoms with Crippen LogP contribution in [-0.4, -0.2) is 29.1 Å². The molecule has 0 aliphatic carbocycles. The highest BCUT2D eigenvalue weighted by Gasteiger charge is 2.22. The van der Waals surface area contributed by atoms with E-state index in [4.69, 9.17) is 5.21 Å². The molecule has 94 valence electrons. The van der Waals surface area contributed by atoms with E-state index in [-0.39, 0.29) is 13.5 Å². The van der Waals surface area contributed by atoms with Crippen molar-refractivity contribution in [2.75, 3.05) is 13.1 Å². The van der Waals surface area contributed by atoms with E-state index in [2.05, 4.69) is 0 Å². The van der Waals surface area contributed by atoms with Gasteiger partial charge in [-0.2, -0.15) is 5.06 Å². The van der Waals surface area contributed by atoms with Crippen molar-refractivity contribution in [1.29, 1.82) is 0 Å². The molecule has 1 aliphatic heterocycles. The summed E-state index contributed by atoms with van der Waals surface area (Å²) in [6.07, 6.45) is 3.30. The maximum atomic E-state index is 11.4. The number of hydroxylamine groups is 2. The molecule has 4 heteroatoms. The van der Waals surface area contributed by atoms with Crippen molar-refractivity contribution in [3.63, 3.8) is 0 Å². The number of ketones is 1. The van der Waals surface area contributed by atoms with Crippen LogP contribution in [-0.2, 0) is 4.79 Å². The molecule has 0 spiro atoms. The Bertz CT molecular complexity index is 160. The van der Waals surface area contributed by atoms with Crippen LogP contribution in [0.4, 0.5) is 0 Å². The van der Waals surface area contributed by atoms with Crippen LogP contribution in [0.15, 0.2) is 0 Å². The highest BCUT2D eigenvalue weighted by Crippen LogP contribution is 2.18. The molecule has 0 radical (unpaired) electrons. The van der Waals surface area contributed by atoms with E-state index in [1.54, 1.807) is 0 Å². The lowest BCUT2D eigenvalue weighted by atomic mass is 9.91. The molecule has 1 aliphatic rings. The van der Waals surface area contributed by atoms with Crippen LogP contribution < -0.4 is 6.15 Å². The Labute approximate surface area is 94.7 Å². The average Bonchev–Trinajstić information content (AvgIpc) is 2.22. The zero-order valence-electron chi connectivity index (χ0n) is 10.3. The summed E-state index contributed by atoms with van der Waals surface area (Å²) in [5.74, 6) is 0.596. The van der Waals surface area contributed by atoms with Crippen molar-refractivity contribution >= 4 is 5.78 Å². The predicted octanol–water partition coefficient (Wildman–Crippen LogP) is 2.89. The number of hydrogen-bond donors (Lipinski definition) is 2. The van der Waals surface area contributed by atoms with Gasteiger partial charge in [-0.25, -0.2) is 0 Å². The molecular weight excluding hydrogens is 192 g/mol. The predicted molar refractivity (Wildman–Crippen MR) is 64.5 cm³/mol. The van der Waals surface area contributed by atoms with E-state index in [9.17, 15) is 4.79 Å². The minimum Gasteiger partial charge on any atom is -0.344 e. The summed E-state index contributed by atoms with van der Waals surface area (Å²) in [6.45, 7) is 7.33. The fourth-order valence-corrected chi connectivity index (χ4v) is 1.64. The molecule has 0 bridgehead atoms. The molecule has 0 aromatic heterocycles. The quantitative estimate of drug-likeness (QED) is 0.766. The SMILES string of the molecule is CC.CCCC(=O)C1CCN(O)CC1.N.[HH]. The largest absolute Gasteiger partial charge is 0.344 e. The van der Waals surface area contributed by atoms with Crippen molar-refractivity contribution in [3.8, 4) is 0 Å². The van der Waals surface area contributed by atoms with E-state index in [1.807, 2.05) is 20.8 Å². The molecule has 0 unspecified atom stereocenters. The second-order valence-electron chi connectivity index (χ2n) is 3.44. The lowest BCUT2D eigenvalue weighted by molar-refractivity contribution is -0.134.